The topological polar surface area (TPSA) is 86.8 Å². The largest absolute Gasteiger partial charge is 0.352 e. The normalized spacial score (nSPS) is 13.1. The van der Waals surface area contributed by atoms with E-state index in [0.717, 1.165) is 33.7 Å². The maximum Gasteiger partial charge on any atom is 0.244 e. The zero-order chi connectivity index (χ0) is 25.5. The molecule has 0 aliphatic rings. The Kier molecular flexibility index (Phi) is 9.67. The summed E-state index contributed by atoms with van der Waals surface area (Å²) < 4.78 is 26.6. The van der Waals surface area contributed by atoms with E-state index >= 15 is 0 Å². The van der Waals surface area contributed by atoms with Crippen LogP contribution in [-0.2, 0) is 26.2 Å². The summed E-state index contributed by atoms with van der Waals surface area (Å²) in [6, 6.07) is 14.1. The number of carbonyl (C=O) groups excluding carboxylic acids is 2. The molecule has 0 aromatic heterocycles. The number of nitrogens with zero attached hydrogens (tertiary/aromatic N) is 2. The molecule has 0 spiro atoms. The summed E-state index contributed by atoms with van der Waals surface area (Å²) in [4.78, 5) is 28.2. The molecule has 8 heteroatoms. The minimum atomic E-state index is -3.75. The number of hydrogen-bond donors (Lipinski definition) is 1. The van der Waals surface area contributed by atoms with E-state index in [1.165, 1.54) is 4.90 Å². The molecule has 2 aromatic rings. The van der Waals surface area contributed by atoms with Crippen LogP contribution >= 0.6 is 0 Å². The minimum absolute atomic E-state index is 0.0297. The first kappa shape index (κ1) is 27.4. The molecule has 2 amide bonds. The Balaban J connectivity index is 2.44. The molecule has 2 rings (SSSR count). The van der Waals surface area contributed by atoms with E-state index in [4.69, 9.17) is 0 Å². The number of nitrogens with one attached hydrogen (secondary N) is 1. The van der Waals surface area contributed by atoms with Crippen LogP contribution in [-0.4, -0.2) is 50.0 Å². The van der Waals surface area contributed by atoms with Crippen molar-refractivity contribution in [2.75, 3.05) is 17.1 Å². The van der Waals surface area contributed by atoms with Crippen LogP contribution in [0.3, 0.4) is 0 Å². The highest BCUT2D eigenvalue weighted by molar-refractivity contribution is 7.92. The van der Waals surface area contributed by atoms with E-state index in [-0.39, 0.29) is 25.0 Å². The predicted octanol–water partition coefficient (Wildman–Crippen LogP) is 3.79. The second-order valence-electron chi connectivity index (χ2n) is 8.81. The fourth-order valence-electron chi connectivity index (χ4n) is 3.82. The Morgan fingerprint density at radius 3 is 2.18 bits per heavy atom. The van der Waals surface area contributed by atoms with Crippen molar-refractivity contribution in [1.29, 1.82) is 0 Å². The average molecular weight is 488 g/mol. The molecule has 1 N–H and O–H groups in total. The van der Waals surface area contributed by atoms with Crippen molar-refractivity contribution in [3.63, 3.8) is 0 Å². The summed E-state index contributed by atoms with van der Waals surface area (Å²) in [6.45, 7) is 9.31. The van der Waals surface area contributed by atoms with E-state index < -0.39 is 22.0 Å². The first-order chi connectivity index (χ1) is 16.0. The second kappa shape index (κ2) is 12.0. The van der Waals surface area contributed by atoms with Crippen molar-refractivity contribution < 1.29 is 18.0 Å². The minimum Gasteiger partial charge on any atom is -0.352 e. The molecule has 2 aromatic carbocycles. The standard InChI is InChI=1S/C26H37N3O4S/c1-7-21(5)27-26(31)23(8-2)28(17-22-12-10-9-11-13-22)25(30)18-29(34(6,32)33)24-15-14-19(3)16-20(24)4/h9-16,21,23H,7-8,17-18H2,1-6H3,(H,27,31)/t21-,23-/m1/s1. The van der Waals surface area contributed by atoms with Gasteiger partial charge < -0.3 is 10.2 Å². The van der Waals surface area contributed by atoms with Crippen LogP contribution < -0.4 is 9.62 Å². The highest BCUT2D eigenvalue weighted by Crippen LogP contribution is 2.24. The van der Waals surface area contributed by atoms with Gasteiger partial charge in [-0.3, -0.25) is 13.9 Å². The van der Waals surface area contributed by atoms with Crippen molar-refractivity contribution in [2.24, 2.45) is 0 Å². The number of rotatable bonds is 11. The summed E-state index contributed by atoms with van der Waals surface area (Å²) in [5.74, 6) is -0.668. The van der Waals surface area contributed by atoms with Gasteiger partial charge in [-0.2, -0.15) is 0 Å². The number of anilines is 1. The first-order valence-electron chi connectivity index (χ1n) is 11.7. The molecule has 0 unspecified atom stereocenters. The molecule has 34 heavy (non-hydrogen) atoms. The maximum absolute atomic E-state index is 13.7. The summed E-state index contributed by atoms with van der Waals surface area (Å²) >= 11 is 0. The SMILES string of the molecule is CC[C@@H](C)NC(=O)[C@@H](CC)N(Cc1ccccc1)C(=O)CN(c1ccc(C)cc1C)S(C)(=O)=O. The number of benzene rings is 2. The van der Waals surface area contributed by atoms with Crippen molar-refractivity contribution in [3.05, 3.63) is 65.2 Å². The van der Waals surface area contributed by atoms with Crippen LogP contribution in [0.25, 0.3) is 0 Å². The fourth-order valence-corrected chi connectivity index (χ4v) is 4.73. The third kappa shape index (κ3) is 7.32. The predicted molar refractivity (Wildman–Crippen MR) is 137 cm³/mol. The third-order valence-electron chi connectivity index (χ3n) is 5.88. The van der Waals surface area contributed by atoms with Gasteiger partial charge >= 0.3 is 0 Å². The smallest absolute Gasteiger partial charge is 0.244 e. The van der Waals surface area contributed by atoms with Gasteiger partial charge in [0.05, 0.1) is 11.9 Å². The molecule has 0 aliphatic heterocycles. The lowest BCUT2D eigenvalue weighted by molar-refractivity contribution is -0.140. The van der Waals surface area contributed by atoms with Crippen LogP contribution in [0.15, 0.2) is 48.5 Å². The van der Waals surface area contributed by atoms with Crippen LogP contribution in [0.2, 0.25) is 0 Å². The van der Waals surface area contributed by atoms with E-state index in [1.807, 2.05) is 77.1 Å². The van der Waals surface area contributed by atoms with Crippen molar-refractivity contribution in [2.45, 2.75) is 66.1 Å². The number of hydrogen-bond acceptors (Lipinski definition) is 4. The molecule has 0 heterocycles. The number of aryl methyl sites for hydroxylation is 2. The maximum atomic E-state index is 13.7. The Hall–Kier alpha value is -2.87. The summed E-state index contributed by atoms with van der Waals surface area (Å²) in [6.07, 6.45) is 2.26. The molecule has 0 saturated carbocycles. The van der Waals surface area contributed by atoms with E-state index in [0.29, 0.717) is 12.1 Å². The molecular weight excluding hydrogens is 450 g/mol. The summed E-state index contributed by atoms with van der Waals surface area (Å²) in [5.41, 5.74) is 3.08. The van der Waals surface area contributed by atoms with Gasteiger partial charge in [-0.15, -0.1) is 0 Å². The first-order valence-corrected chi connectivity index (χ1v) is 13.5. The Bertz CT molecular complexity index is 1090. The Labute approximate surface area is 204 Å². The van der Waals surface area contributed by atoms with E-state index in [2.05, 4.69) is 5.32 Å². The molecule has 7 nitrogen and oxygen atoms in total. The Morgan fingerprint density at radius 2 is 1.65 bits per heavy atom. The van der Waals surface area contributed by atoms with Crippen molar-refractivity contribution in [1.82, 2.24) is 10.2 Å². The lowest BCUT2D eigenvalue weighted by Gasteiger charge is -2.33. The summed E-state index contributed by atoms with van der Waals surface area (Å²) in [5, 5.41) is 2.97. The second-order valence-corrected chi connectivity index (χ2v) is 10.7. The van der Waals surface area contributed by atoms with Gasteiger partial charge in [0.25, 0.3) is 0 Å². The van der Waals surface area contributed by atoms with Crippen LogP contribution in [0.4, 0.5) is 5.69 Å². The highest BCUT2D eigenvalue weighted by atomic mass is 32.2. The van der Waals surface area contributed by atoms with E-state index in [9.17, 15) is 18.0 Å². The highest BCUT2D eigenvalue weighted by Gasteiger charge is 2.32. The molecule has 0 saturated heterocycles. The number of carbonyl (C=O) groups is 2. The molecule has 2 atom stereocenters. The molecular formula is C26H37N3O4S. The van der Waals surface area contributed by atoms with Gasteiger partial charge in [-0.1, -0.05) is 61.9 Å². The van der Waals surface area contributed by atoms with Gasteiger partial charge in [0.15, 0.2) is 0 Å². The zero-order valence-corrected chi connectivity index (χ0v) is 21.9. The van der Waals surface area contributed by atoms with Gasteiger partial charge in [-0.05, 0) is 50.8 Å². The molecule has 0 fully saturated rings. The van der Waals surface area contributed by atoms with Crippen LogP contribution in [0.5, 0.6) is 0 Å². The molecule has 0 bridgehead atoms. The molecule has 186 valence electrons. The Morgan fingerprint density at radius 1 is 1.00 bits per heavy atom. The number of amides is 2. The van der Waals surface area contributed by atoms with E-state index in [1.54, 1.807) is 6.07 Å². The zero-order valence-electron chi connectivity index (χ0n) is 21.0. The van der Waals surface area contributed by atoms with Crippen LogP contribution in [0.1, 0.15) is 50.3 Å². The van der Waals surface area contributed by atoms with Gasteiger partial charge in [0.1, 0.15) is 12.6 Å². The monoisotopic (exact) mass is 487 g/mol. The third-order valence-corrected chi connectivity index (χ3v) is 7.01. The lowest BCUT2D eigenvalue weighted by Crippen LogP contribution is -2.53. The van der Waals surface area contributed by atoms with Gasteiger partial charge in [0.2, 0.25) is 21.8 Å². The fraction of sp³-hybridized carbons (Fsp3) is 0.462. The quantitative estimate of drug-likeness (QED) is 0.522. The van der Waals surface area contributed by atoms with Crippen molar-refractivity contribution >= 4 is 27.5 Å². The van der Waals surface area contributed by atoms with Gasteiger partial charge in [0, 0.05) is 12.6 Å². The summed E-state index contributed by atoms with van der Waals surface area (Å²) in [7, 11) is -3.75. The lowest BCUT2D eigenvalue weighted by atomic mass is 10.1. The molecule has 0 radical (unpaired) electrons. The number of sulfonamides is 1. The van der Waals surface area contributed by atoms with Crippen LogP contribution in [0, 0.1) is 13.8 Å². The van der Waals surface area contributed by atoms with Gasteiger partial charge in [-0.25, -0.2) is 8.42 Å². The average Bonchev–Trinajstić information content (AvgIpc) is 2.77. The van der Waals surface area contributed by atoms with Crippen molar-refractivity contribution in [3.8, 4) is 0 Å². The molecule has 0 aliphatic carbocycles.